The van der Waals surface area contributed by atoms with Crippen LogP contribution < -0.4 is 11.5 Å². The zero-order valence-corrected chi connectivity index (χ0v) is 8.91. The summed E-state index contributed by atoms with van der Waals surface area (Å²) in [6, 6.07) is 1.18. The molecular formula is C9H11ClF4N2. The van der Waals surface area contributed by atoms with E-state index in [-0.39, 0.29) is 24.5 Å². The number of halogens is 5. The SMILES string of the molecule is Cl.NC[C@@H](N)c1cc(C(F)(F)F)ccc1F. The van der Waals surface area contributed by atoms with Gasteiger partial charge in [-0.15, -0.1) is 12.4 Å². The minimum absolute atomic E-state index is 0. The van der Waals surface area contributed by atoms with E-state index in [1.165, 1.54) is 0 Å². The molecule has 16 heavy (non-hydrogen) atoms. The van der Waals surface area contributed by atoms with E-state index in [2.05, 4.69) is 0 Å². The molecule has 7 heteroatoms. The molecule has 0 unspecified atom stereocenters. The topological polar surface area (TPSA) is 52.0 Å². The van der Waals surface area contributed by atoms with Crippen molar-refractivity contribution in [3.63, 3.8) is 0 Å². The molecule has 1 aromatic carbocycles. The van der Waals surface area contributed by atoms with Crippen LogP contribution in [0.3, 0.4) is 0 Å². The van der Waals surface area contributed by atoms with E-state index < -0.39 is 23.6 Å². The van der Waals surface area contributed by atoms with Gasteiger partial charge in [0.05, 0.1) is 5.56 Å². The van der Waals surface area contributed by atoms with Gasteiger partial charge in [-0.3, -0.25) is 0 Å². The molecule has 2 nitrogen and oxygen atoms in total. The Morgan fingerprint density at radius 2 is 1.81 bits per heavy atom. The molecule has 0 saturated carbocycles. The fourth-order valence-corrected chi connectivity index (χ4v) is 1.13. The molecule has 0 spiro atoms. The van der Waals surface area contributed by atoms with Crippen LogP contribution in [0.2, 0.25) is 0 Å². The lowest BCUT2D eigenvalue weighted by molar-refractivity contribution is -0.137. The second-order valence-corrected chi connectivity index (χ2v) is 3.08. The second-order valence-electron chi connectivity index (χ2n) is 3.08. The van der Waals surface area contributed by atoms with Gasteiger partial charge in [0.25, 0.3) is 0 Å². The van der Waals surface area contributed by atoms with Crippen LogP contribution in [0.15, 0.2) is 18.2 Å². The van der Waals surface area contributed by atoms with Crippen molar-refractivity contribution in [1.82, 2.24) is 0 Å². The average molecular weight is 259 g/mol. The van der Waals surface area contributed by atoms with Crippen molar-refractivity contribution < 1.29 is 17.6 Å². The Balaban J connectivity index is 0.00000225. The van der Waals surface area contributed by atoms with Crippen molar-refractivity contribution >= 4 is 12.4 Å². The Bertz CT molecular complexity index is 354. The Labute approximate surface area is 96.0 Å². The molecule has 4 N–H and O–H groups in total. The standard InChI is InChI=1S/C9H10F4N2.ClH/c10-7-2-1-5(9(11,12)13)3-6(7)8(15)4-14;/h1-3,8H,4,14-15H2;1H/t8-;/m1./s1. The molecule has 0 amide bonds. The molecule has 0 heterocycles. The van der Waals surface area contributed by atoms with Gasteiger partial charge in [-0.1, -0.05) is 0 Å². The molecule has 0 bridgehead atoms. The van der Waals surface area contributed by atoms with Crippen LogP contribution in [0.25, 0.3) is 0 Å². The van der Waals surface area contributed by atoms with Gasteiger partial charge in [0, 0.05) is 18.2 Å². The molecule has 0 fully saturated rings. The Morgan fingerprint density at radius 1 is 1.25 bits per heavy atom. The van der Waals surface area contributed by atoms with E-state index >= 15 is 0 Å². The number of nitrogens with two attached hydrogens (primary N) is 2. The average Bonchev–Trinajstić information content (AvgIpc) is 2.15. The van der Waals surface area contributed by atoms with E-state index in [0.717, 1.165) is 6.07 Å². The molecule has 1 aromatic rings. The van der Waals surface area contributed by atoms with Gasteiger partial charge in [-0.05, 0) is 18.2 Å². The largest absolute Gasteiger partial charge is 0.416 e. The first-order valence-corrected chi connectivity index (χ1v) is 4.18. The highest BCUT2D eigenvalue weighted by atomic mass is 35.5. The van der Waals surface area contributed by atoms with E-state index in [0.29, 0.717) is 12.1 Å². The van der Waals surface area contributed by atoms with Crippen molar-refractivity contribution in [2.75, 3.05) is 6.54 Å². The van der Waals surface area contributed by atoms with Gasteiger partial charge in [-0.25, -0.2) is 4.39 Å². The highest BCUT2D eigenvalue weighted by molar-refractivity contribution is 5.85. The molecule has 92 valence electrons. The zero-order chi connectivity index (χ0) is 11.6. The summed E-state index contributed by atoms with van der Waals surface area (Å²) in [6.07, 6.45) is -4.50. The first-order valence-electron chi connectivity index (χ1n) is 4.18. The molecule has 0 aliphatic rings. The predicted octanol–water partition coefficient (Wildman–Crippen LogP) is 2.22. The summed E-state index contributed by atoms with van der Waals surface area (Å²) in [5.41, 5.74) is 9.39. The Kier molecular flexibility index (Phi) is 5.18. The van der Waals surface area contributed by atoms with Crippen LogP contribution in [-0.2, 0) is 6.18 Å². The van der Waals surface area contributed by atoms with Crippen molar-refractivity contribution in [1.29, 1.82) is 0 Å². The van der Waals surface area contributed by atoms with Gasteiger partial charge in [0.1, 0.15) is 5.82 Å². The Hall–Kier alpha value is -0.850. The number of benzene rings is 1. The third-order valence-electron chi connectivity index (χ3n) is 1.98. The quantitative estimate of drug-likeness (QED) is 0.799. The van der Waals surface area contributed by atoms with E-state index in [1.807, 2.05) is 0 Å². The normalized spacial score (nSPS) is 13.1. The predicted molar refractivity (Wildman–Crippen MR) is 54.6 cm³/mol. The fraction of sp³-hybridized carbons (Fsp3) is 0.333. The van der Waals surface area contributed by atoms with Gasteiger partial charge < -0.3 is 11.5 Å². The van der Waals surface area contributed by atoms with Gasteiger partial charge in [0.15, 0.2) is 0 Å². The highest BCUT2D eigenvalue weighted by Gasteiger charge is 2.31. The summed E-state index contributed by atoms with van der Waals surface area (Å²) in [5.74, 6) is -0.777. The molecule has 0 aliphatic heterocycles. The maximum Gasteiger partial charge on any atom is 0.416 e. The number of rotatable bonds is 2. The fourth-order valence-electron chi connectivity index (χ4n) is 1.13. The number of alkyl halides is 3. The zero-order valence-electron chi connectivity index (χ0n) is 8.09. The summed E-state index contributed by atoms with van der Waals surface area (Å²) < 4.78 is 49.9. The third-order valence-corrected chi connectivity index (χ3v) is 1.98. The first kappa shape index (κ1) is 15.2. The van der Waals surface area contributed by atoms with Gasteiger partial charge in [0.2, 0.25) is 0 Å². The molecule has 1 atom stereocenters. The highest BCUT2D eigenvalue weighted by Crippen LogP contribution is 2.31. The van der Waals surface area contributed by atoms with Crippen LogP contribution in [-0.4, -0.2) is 6.54 Å². The molecule has 0 saturated heterocycles. The first-order chi connectivity index (χ1) is 6.86. The maximum absolute atomic E-state index is 13.1. The summed E-state index contributed by atoms with van der Waals surface area (Å²) in [4.78, 5) is 0. The maximum atomic E-state index is 13.1. The summed E-state index contributed by atoms with van der Waals surface area (Å²) in [7, 11) is 0. The molecule has 0 aromatic heterocycles. The van der Waals surface area contributed by atoms with Gasteiger partial charge >= 0.3 is 6.18 Å². The van der Waals surface area contributed by atoms with Crippen molar-refractivity contribution in [3.8, 4) is 0 Å². The van der Waals surface area contributed by atoms with Crippen LogP contribution in [0.1, 0.15) is 17.2 Å². The van der Waals surface area contributed by atoms with Crippen LogP contribution in [0, 0.1) is 5.82 Å². The van der Waals surface area contributed by atoms with Gasteiger partial charge in [-0.2, -0.15) is 13.2 Å². The van der Waals surface area contributed by atoms with E-state index in [4.69, 9.17) is 11.5 Å². The van der Waals surface area contributed by atoms with Crippen molar-refractivity contribution in [2.24, 2.45) is 11.5 Å². The van der Waals surface area contributed by atoms with E-state index in [9.17, 15) is 17.6 Å². The molecular weight excluding hydrogens is 248 g/mol. The lowest BCUT2D eigenvalue weighted by atomic mass is 10.0. The van der Waals surface area contributed by atoms with Crippen LogP contribution in [0.5, 0.6) is 0 Å². The molecule has 1 rings (SSSR count). The summed E-state index contributed by atoms with van der Waals surface area (Å²) >= 11 is 0. The smallest absolute Gasteiger partial charge is 0.329 e. The Morgan fingerprint density at radius 3 is 2.25 bits per heavy atom. The third kappa shape index (κ3) is 3.33. The van der Waals surface area contributed by atoms with Crippen molar-refractivity contribution in [2.45, 2.75) is 12.2 Å². The number of hydrogen-bond acceptors (Lipinski definition) is 2. The number of hydrogen-bond donors (Lipinski definition) is 2. The molecule has 0 aliphatic carbocycles. The second kappa shape index (κ2) is 5.47. The summed E-state index contributed by atoms with van der Waals surface area (Å²) in [5, 5.41) is 0. The van der Waals surface area contributed by atoms with Crippen LogP contribution in [0.4, 0.5) is 17.6 Å². The lowest BCUT2D eigenvalue weighted by Gasteiger charge is -2.13. The van der Waals surface area contributed by atoms with Crippen LogP contribution >= 0.6 is 12.4 Å². The monoisotopic (exact) mass is 258 g/mol. The lowest BCUT2D eigenvalue weighted by Crippen LogP contribution is -2.22. The van der Waals surface area contributed by atoms with E-state index in [1.54, 1.807) is 0 Å². The minimum atomic E-state index is -4.50. The molecule has 0 radical (unpaired) electrons. The summed E-state index contributed by atoms with van der Waals surface area (Å²) in [6.45, 7) is -0.113. The van der Waals surface area contributed by atoms with Crippen molar-refractivity contribution in [3.05, 3.63) is 35.1 Å². The minimum Gasteiger partial charge on any atom is -0.329 e.